The van der Waals surface area contributed by atoms with Gasteiger partial charge in [-0.1, -0.05) is 12.1 Å². The van der Waals surface area contributed by atoms with Crippen molar-refractivity contribution >= 4 is 34.8 Å². The van der Waals surface area contributed by atoms with Crippen LogP contribution in [-0.4, -0.2) is 43.5 Å². The minimum atomic E-state index is -0.556. The Balaban J connectivity index is 1.69. The lowest BCUT2D eigenvalue weighted by Crippen LogP contribution is -2.41. The zero-order chi connectivity index (χ0) is 21.7. The fourth-order valence-electron chi connectivity index (χ4n) is 3.65. The molecule has 158 valence electrons. The van der Waals surface area contributed by atoms with Gasteiger partial charge in [0, 0.05) is 31.2 Å². The van der Waals surface area contributed by atoms with E-state index < -0.39 is 12.6 Å². The first-order valence-corrected chi connectivity index (χ1v) is 10.2. The quantitative estimate of drug-likeness (QED) is 0.740. The Morgan fingerprint density at radius 1 is 1.10 bits per heavy atom. The fourth-order valence-corrected chi connectivity index (χ4v) is 3.65. The second-order valence-corrected chi connectivity index (χ2v) is 7.18. The first-order chi connectivity index (χ1) is 14.4. The van der Waals surface area contributed by atoms with Crippen LogP contribution in [0, 0.1) is 0 Å². The summed E-state index contributed by atoms with van der Waals surface area (Å²) < 4.78 is 5.28. The lowest BCUT2D eigenvalue weighted by Gasteiger charge is -2.27. The van der Waals surface area contributed by atoms with Gasteiger partial charge in [0.25, 0.3) is 5.91 Å². The van der Waals surface area contributed by atoms with Gasteiger partial charge in [-0.05, 0) is 57.2 Å². The van der Waals surface area contributed by atoms with Gasteiger partial charge in [0.2, 0.25) is 5.91 Å². The molecular weight excluding hydrogens is 382 g/mol. The second-order valence-electron chi connectivity index (χ2n) is 7.18. The third-order valence-electron chi connectivity index (χ3n) is 5.19. The third-order valence-corrected chi connectivity index (χ3v) is 5.19. The summed E-state index contributed by atoms with van der Waals surface area (Å²) in [5.74, 6) is -1.09. The van der Waals surface area contributed by atoms with Crippen LogP contribution in [0.4, 0.5) is 17.1 Å². The SMILES string of the molecule is CCN(CC)c1ccc(C(=O)OCC(=O)N2c3ccccc3NC(=O)C[C@@H]2C)cc1. The van der Waals surface area contributed by atoms with Crippen LogP contribution in [0.1, 0.15) is 37.6 Å². The Bertz CT molecular complexity index is 922. The number of ether oxygens (including phenoxy) is 1. The van der Waals surface area contributed by atoms with Crippen LogP contribution in [0.25, 0.3) is 0 Å². The van der Waals surface area contributed by atoms with Crippen molar-refractivity contribution in [2.45, 2.75) is 33.2 Å². The van der Waals surface area contributed by atoms with Crippen molar-refractivity contribution in [3.63, 3.8) is 0 Å². The molecule has 1 heterocycles. The van der Waals surface area contributed by atoms with Gasteiger partial charge in [0.1, 0.15) is 0 Å². The van der Waals surface area contributed by atoms with Gasteiger partial charge < -0.3 is 19.9 Å². The average molecular weight is 409 g/mol. The molecule has 7 nitrogen and oxygen atoms in total. The van der Waals surface area contributed by atoms with Crippen LogP contribution in [0.2, 0.25) is 0 Å². The van der Waals surface area contributed by atoms with Crippen molar-refractivity contribution in [1.29, 1.82) is 0 Å². The lowest BCUT2D eigenvalue weighted by molar-refractivity contribution is -0.122. The van der Waals surface area contributed by atoms with Gasteiger partial charge in [-0.2, -0.15) is 0 Å². The van der Waals surface area contributed by atoms with Gasteiger partial charge in [-0.25, -0.2) is 4.79 Å². The molecule has 1 aliphatic heterocycles. The van der Waals surface area contributed by atoms with Crippen LogP contribution >= 0.6 is 0 Å². The van der Waals surface area contributed by atoms with Crippen LogP contribution in [0.3, 0.4) is 0 Å². The van der Waals surface area contributed by atoms with E-state index in [4.69, 9.17) is 4.74 Å². The normalized spacial score (nSPS) is 15.6. The van der Waals surface area contributed by atoms with E-state index in [9.17, 15) is 14.4 Å². The highest BCUT2D eigenvalue weighted by atomic mass is 16.5. The highest BCUT2D eigenvalue weighted by molar-refractivity contribution is 6.05. The predicted octanol–water partition coefficient (Wildman–Crippen LogP) is 3.45. The molecule has 7 heteroatoms. The van der Waals surface area contributed by atoms with E-state index in [0.717, 1.165) is 18.8 Å². The van der Waals surface area contributed by atoms with Crippen molar-refractivity contribution in [3.05, 3.63) is 54.1 Å². The number of fused-ring (bicyclic) bond motifs is 1. The molecule has 30 heavy (non-hydrogen) atoms. The lowest BCUT2D eigenvalue weighted by atomic mass is 10.1. The molecule has 0 aromatic heterocycles. The van der Waals surface area contributed by atoms with Gasteiger partial charge in [-0.15, -0.1) is 0 Å². The maximum atomic E-state index is 12.9. The average Bonchev–Trinajstić information content (AvgIpc) is 2.87. The molecule has 0 aliphatic carbocycles. The first-order valence-electron chi connectivity index (χ1n) is 10.2. The maximum absolute atomic E-state index is 12.9. The highest BCUT2D eigenvalue weighted by Gasteiger charge is 2.30. The number of nitrogens with zero attached hydrogens (tertiary/aromatic N) is 2. The Labute approximate surface area is 176 Å². The van der Waals surface area contributed by atoms with E-state index in [-0.39, 0.29) is 24.3 Å². The number of carbonyl (C=O) groups excluding carboxylic acids is 3. The topological polar surface area (TPSA) is 79.0 Å². The monoisotopic (exact) mass is 409 g/mol. The van der Waals surface area contributed by atoms with Crippen molar-refractivity contribution in [2.24, 2.45) is 0 Å². The minimum Gasteiger partial charge on any atom is -0.452 e. The molecule has 1 N–H and O–H groups in total. The molecule has 2 aromatic rings. The van der Waals surface area contributed by atoms with Crippen LogP contribution in [0.15, 0.2) is 48.5 Å². The Morgan fingerprint density at radius 3 is 2.43 bits per heavy atom. The van der Waals surface area contributed by atoms with E-state index >= 15 is 0 Å². The first kappa shape index (κ1) is 21.4. The van der Waals surface area contributed by atoms with E-state index in [2.05, 4.69) is 24.1 Å². The van der Waals surface area contributed by atoms with E-state index in [1.54, 1.807) is 43.3 Å². The summed E-state index contributed by atoms with van der Waals surface area (Å²) in [5, 5.41) is 2.81. The van der Waals surface area contributed by atoms with Crippen LogP contribution in [-0.2, 0) is 14.3 Å². The number of rotatable bonds is 6. The highest BCUT2D eigenvalue weighted by Crippen LogP contribution is 2.31. The zero-order valence-corrected chi connectivity index (χ0v) is 17.6. The fraction of sp³-hybridized carbons (Fsp3) is 0.348. The van der Waals surface area contributed by atoms with Crippen molar-refractivity contribution in [1.82, 2.24) is 0 Å². The summed E-state index contributed by atoms with van der Waals surface area (Å²) in [6.07, 6.45) is 0.168. The molecule has 0 spiro atoms. The molecule has 0 unspecified atom stereocenters. The largest absolute Gasteiger partial charge is 0.452 e. The summed E-state index contributed by atoms with van der Waals surface area (Å²) >= 11 is 0. The van der Waals surface area contributed by atoms with E-state index in [1.165, 1.54) is 4.90 Å². The van der Waals surface area contributed by atoms with Crippen molar-refractivity contribution < 1.29 is 19.1 Å². The smallest absolute Gasteiger partial charge is 0.338 e. The maximum Gasteiger partial charge on any atom is 0.338 e. The minimum absolute atomic E-state index is 0.157. The number of hydrogen-bond acceptors (Lipinski definition) is 5. The molecule has 0 saturated carbocycles. The summed E-state index contributed by atoms with van der Waals surface area (Å²) in [7, 11) is 0. The molecular formula is C23H27N3O4. The number of esters is 1. The molecule has 3 rings (SSSR count). The number of nitrogens with one attached hydrogen (secondary N) is 1. The third kappa shape index (κ3) is 4.62. The number of amides is 2. The molecule has 0 radical (unpaired) electrons. The zero-order valence-electron chi connectivity index (χ0n) is 17.6. The molecule has 2 amide bonds. The van der Waals surface area contributed by atoms with Crippen molar-refractivity contribution in [3.8, 4) is 0 Å². The molecule has 1 aliphatic rings. The Kier molecular flexibility index (Phi) is 6.72. The molecule has 0 bridgehead atoms. The Morgan fingerprint density at radius 2 is 1.77 bits per heavy atom. The Hall–Kier alpha value is -3.35. The predicted molar refractivity (Wildman–Crippen MR) is 117 cm³/mol. The summed E-state index contributed by atoms with van der Waals surface area (Å²) in [5.41, 5.74) is 2.58. The van der Waals surface area contributed by atoms with Gasteiger partial charge >= 0.3 is 5.97 Å². The number of benzene rings is 2. The summed E-state index contributed by atoms with van der Waals surface area (Å²) in [6.45, 7) is 7.30. The standard InChI is InChI=1S/C23H27N3O4/c1-4-25(5-2)18-12-10-17(11-13-18)23(29)30-15-22(28)26-16(3)14-21(27)24-19-8-6-7-9-20(19)26/h6-13,16H,4-5,14-15H2,1-3H3,(H,24,27)/t16-/m0/s1. The van der Waals surface area contributed by atoms with Crippen LogP contribution < -0.4 is 15.1 Å². The molecule has 0 fully saturated rings. The molecule has 0 saturated heterocycles. The molecule has 1 atom stereocenters. The van der Waals surface area contributed by atoms with Crippen LogP contribution in [0.5, 0.6) is 0 Å². The number of para-hydroxylation sites is 2. The summed E-state index contributed by atoms with van der Waals surface area (Å²) in [4.78, 5) is 41.1. The summed E-state index contributed by atoms with van der Waals surface area (Å²) in [6, 6.07) is 13.9. The van der Waals surface area contributed by atoms with E-state index in [1.807, 2.05) is 12.1 Å². The van der Waals surface area contributed by atoms with Gasteiger partial charge in [0.15, 0.2) is 6.61 Å². The van der Waals surface area contributed by atoms with Gasteiger partial charge in [-0.3, -0.25) is 9.59 Å². The molecule has 2 aromatic carbocycles. The number of hydrogen-bond donors (Lipinski definition) is 1. The number of carbonyl (C=O) groups is 3. The van der Waals surface area contributed by atoms with E-state index in [0.29, 0.717) is 16.9 Å². The van der Waals surface area contributed by atoms with Crippen molar-refractivity contribution in [2.75, 3.05) is 34.8 Å². The second kappa shape index (κ2) is 9.43. The van der Waals surface area contributed by atoms with Gasteiger partial charge in [0.05, 0.1) is 16.9 Å². The number of anilines is 3.